The van der Waals surface area contributed by atoms with Gasteiger partial charge < -0.3 is 0 Å². The molecule has 1 saturated heterocycles. The Labute approximate surface area is 137 Å². The van der Waals surface area contributed by atoms with Crippen molar-refractivity contribution in [1.82, 2.24) is 20.1 Å². The Bertz CT molecular complexity index is 702. The molecule has 0 spiro atoms. The average Bonchev–Trinajstić information content (AvgIpc) is 3.29. The van der Waals surface area contributed by atoms with Crippen molar-refractivity contribution in [1.29, 1.82) is 0 Å². The lowest BCUT2D eigenvalue weighted by molar-refractivity contribution is 0.200. The van der Waals surface area contributed by atoms with Gasteiger partial charge in [-0.15, -0.1) is 22.7 Å². The minimum absolute atomic E-state index is 0.589. The lowest BCUT2D eigenvalue weighted by atomic mass is 9.98. The van der Waals surface area contributed by atoms with Gasteiger partial charge in [-0.2, -0.15) is 5.10 Å². The Morgan fingerprint density at radius 2 is 2.32 bits per heavy atom. The van der Waals surface area contributed by atoms with Crippen LogP contribution in [-0.4, -0.2) is 33.2 Å². The van der Waals surface area contributed by atoms with Crippen LogP contribution in [0.15, 0.2) is 35.3 Å². The summed E-state index contributed by atoms with van der Waals surface area (Å²) in [6.45, 7) is 3.23. The maximum atomic E-state index is 4.50. The fourth-order valence-electron chi connectivity index (χ4n) is 3.14. The molecule has 4 rings (SSSR count). The van der Waals surface area contributed by atoms with E-state index in [9.17, 15) is 0 Å². The molecule has 0 unspecified atom stereocenters. The maximum absolute atomic E-state index is 4.50. The largest absolute Gasteiger partial charge is 0.298 e. The molecule has 1 N–H and O–H groups in total. The highest BCUT2D eigenvalue weighted by atomic mass is 32.1. The van der Waals surface area contributed by atoms with Crippen molar-refractivity contribution in [3.05, 3.63) is 45.9 Å². The average molecular weight is 330 g/mol. The zero-order valence-electron chi connectivity index (χ0n) is 12.2. The second-order valence-corrected chi connectivity index (χ2v) is 7.57. The van der Waals surface area contributed by atoms with E-state index in [2.05, 4.69) is 43.0 Å². The number of likely N-dealkylation sites (tertiary alicyclic amines) is 1. The molecule has 1 aliphatic heterocycles. The molecule has 4 heterocycles. The fourth-order valence-corrected chi connectivity index (χ4v) is 4.67. The number of thiophene rings is 1. The first kappa shape index (κ1) is 14.1. The predicted molar refractivity (Wildman–Crippen MR) is 91.3 cm³/mol. The van der Waals surface area contributed by atoms with Gasteiger partial charge in [0.1, 0.15) is 0 Å². The second-order valence-electron chi connectivity index (χ2n) is 5.69. The minimum Gasteiger partial charge on any atom is -0.298 e. The third kappa shape index (κ3) is 2.86. The monoisotopic (exact) mass is 330 g/mol. The first-order chi connectivity index (χ1) is 10.9. The van der Waals surface area contributed by atoms with Crippen LogP contribution in [0.3, 0.4) is 0 Å². The molecule has 0 aliphatic carbocycles. The van der Waals surface area contributed by atoms with Crippen molar-refractivity contribution in [2.75, 3.05) is 13.1 Å². The number of rotatable bonds is 4. The standard InChI is InChI=1S/C16H18N4S2/c1-3-12(16-17-5-8-22-16)10-20(6-1)11-13-9-18-19-15(13)14-4-2-7-21-14/h2,4-5,7-9,12H,1,3,6,10-11H2,(H,18,19)/t12-/m1/s1. The number of piperidine rings is 1. The quantitative estimate of drug-likeness (QED) is 0.787. The molecule has 0 aromatic carbocycles. The van der Waals surface area contributed by atoms with Crippen LogP contribution in [-0.2, 0) is 6.54 Å². The normalized spacial score (nSPS) is 19.5. The van der Waals surface area contributed by atoms with Gasteiger partial charge in [0, 0.05) is 36.1 Å². The van der Waals surface area contributed by atoms with Gasteiger partial charge in [-0.1, -0.05) is 6.07 Å². The van der Waals surface area contributed by atoms with Gasteiger partial charge in [0.15, 0.2) is 0 Å². The zero-order valence-corrected chi connectivity index (χ0v) is 13.9. The van der Waals surface area contributed by atoms with Crippen molar-refractivity contribution < 1.29 is 0 Å². The number of aromatic amines is 1. The summed E-state index contributed by atoms with van der Waals surface area (Å²) in [5.41, 5.74) is 2.47. The molecule has 1 aliphatic rings. The molecule has 3 aromatic rings. The molecule has 0 saturated carbocycles. The molecule has 114 valence electrons. The van der Waals surface area contributed by atoms with Crippen LogP contribution in [0, 0.1) is 0 Å². The van der Waals surface area contributed by atoms with Crippen molar-refractivity contribution in [2.45, 2.75) is 25.3 Å². The Morgan fingerprint density at radius 1 is 1.32 bits per heavy atom. The van der Waals surface area contributed by atoms with E-state index < -0.39 is 0 Å². The van der Waals surface area contributed by atoms with Gasteiger partial charge in [-0.05, 0) is 30.8 Å². The van der Waals surface area contributed by atoms with Crippen LogP contribution in [0.1, 0.15) is 29.3 Å². The Morgan fingerprint density at radius 3 is 3.14 bits per heavy atom. The van der Waals surface area contributed by atoms with Crippen molar-refractivity contribution in [3.8, 4) is 10.6 Å². The summed E-state index contributed by atoms with van der Waals surface area (Å²) in [6, 6.07) is 4.24. The van der Waals surface area contributed by atoms with E-state index in [1.165, 1.54) is 34.0 Å². The highest BCUT2D eigenvalue weighted by molar-refractivity contribution is 7.13. The van der Waals surface area contributed by atoms with E-state index in [0.29, 0.717) is 5.92 Å². The molecule has 6 heteroatoms. The topological polar surface area (TPSA) is 44.8 Å². The first-order valence-electron chi connectivity index (χ1n) is 7.58. The van der Waals surface area contributed by atoms with E-state index in [0.717, 1.165) is 19.6 Å². The summed E-state index contributed by atoms with van der Waals surface area (Å²) >= 11 is 3.54. The summed E-state index contributed by atoms with van der Waals surface area (Å²) in [5, 5.41) is 12.9. The number of H-pyrrole nitrogens is 1. The fraction of sp³-hybridized carbons (Fsp3) is 0.375. The lowest BCUT2D eigenvalue weighted by Crippen LogP contribution is -2.33. The van der Waals surface area contributed by atoms with E-state index >= 15 is 0 Å². The second kappa shape index (κ2) is 6.32. The van der Waals surface area contributed by atoms with Crippen LogP contribution in [0.5, 0.6) is 0 Å². The van der Waals surface area contributed by atoms with Crippen molar-refractivity contribution in [3.63, 3.8) is 0 Å². The van der Waals surface area contributed by atoms with Crippen molar-refractivity contribution in [2.24, 2.45) is 0 Å². The van der Waals surface area contributed by atoms with Crippen molar-refractivity contribution >= 4 is 22.7 Å². The van der Waals surface area contributed by atoms with Gasteiger partial charge in [0.05, 0.1) is 21.8 Å². The number of aromatic nitrogens is 3. The Balaban J connectivity index is 1.49. The van der Waals surface area contributed by atoms with Crippen LogP contribution in [0.4, 0.5) is 0 Å². The third-order valence-corrected chi connectivity index (χ3v) is 6.01. The smallest absolute Gasteiger partial charge is 0.0968 e. The zero-order chi connectivity index (χ0) is 14.8. The highest BCUT2D eigenvalue weighted by Crippen LogP contribution is 2.31. The molecular weight excluding hydrogens is 312 g/mol. The van der Waals surface area contributed by atoms with Gasteiger partial charge >= 0.3 is 0 Å². The Hall–Kier alpha value is -1.50. The van der Waals surface area contributed by atoms with Crippen LogP contribution >= 0.6 is 22.7 Å². The van der Waals surface area contributed by atoms with E-state index in [1.54, 1.807) is 22.7 Å². The van der Waals surface area contributed by atoms with Gasteiger partial charge in [-0.25, -0.2) is 4.98 Å². The molecular formula is C16H18N4S2. The molecule has 0 radical (unpaired) electrons. The molecule has 0 bridgehead atoms. The van der Waals surface area contributed by atoms with Gasteiger partial charge in [0.2, 0.25) is 0 Å². The SMILES string of the molecule is c1csc(-c2[nH]ncc2CN2CCC[C@@H](c3nccs3)C2)c1. The highest BCUT2D eigenvalue weighted by Gasteiger charge is 2.24. The lowest BCUT2D eigenvalue weighted by Gasteiger charge is -2.31. The predicted octanol–water partition coefficient (Wildman–Crippen LogP) is 3.97. The first-order valence-corrected chi connectivity index (χ1v) is 9.34. The van der Waals surface area contributed by atoms with E-state index in [4.69, 9.17) is 0 Å². The molecule has 3 aromatic heterocycles. The summed E-state index contributed by atoms with van der Waals surface area (Å²) in [7, 11) is 0. The third-order valence-electron chi connectivity index (χ3n) is 4.19. The summed E-state index contributed by atoms with van der Waals surface area (Å²) in [6.07, 6.45) is 6.40. The Kier molecular flexibility index (Phi) is 4.05. The molecule has 4 nitrogen and oxygen atoms in total. The summed E-state index contributed by atoms with van der Waals surface area (Å²) in [4.78, 5) is 8.31. The molecule has 0 amide bonds. The minimum atomic E-state index is 0.589. The van der Waals surface area contributed by atoms with E-state index in [1.807, 2.05) is 12.4 Å². The molecule has 22 heavy (non-hydrogen) atoms. The molecule has 1 atom stereocenters. The maximum Gasteiger partial charge on any atom is 0.0968 e. The molecule has 1 fully saturated rings. The number of nitrogens with zero attached hydrogens (tertiary/aromatic N) is 3. The van der Waals surface area contributed by atoms with Gasteiger partial charge in [0.25, 0.3) is 0 Å². The summed E-state index contributed by atoms with van der Waals surface area (Å²) < 4.78 is 0. The summed E-state index contributed by atoms with van der Waals surface area (Å²) in [5.74, 6) is 0.589. The number of hydrogen-bond acceptors (Lipinski definition) is 5. The number of nitrogens with one attached hydrogen (secondary N) is 1. The number of thiazole rings is 1. The van der Waals surface area contributed by atoms with Crippen LogP contribution in [0.2, 0.25) is 0 Å². The number of hydrogen-bond donors (Lipinski definition) is 1. The van der Waals surface area contributed by atoms with Crippen LogP contribution in [0.25, 0.3) is 10.6 Å². The van der Waals surface area contributed by atoms with E-state index in [-0.39, 0.29) is 0 Å². The van der Waals surface area contributed by atoms with Gasteiger partial charge in [-0.3, -0.25) is 10.00 Å². The van der Waals surface area contributed by atoms with Crippen LogP contribution < -0.4 is 0 Å².